The summed E-state index contributed by atoms with van der Waals surface area (Å²) >= 11 is 0. The number of hydrogen-bond acceptors (Lipinski definition) is 1. The first-order chi connectivity index (χ1) is 13.8. The van der Waals surface area contributed by atoms with Crippen LogP contribution in [0.25, 0.3) is 21.9 Å². The molecule has 0 spiro atoms. The Morgan fingerprint density at radius 3 is 2.64 bits per heavy atom. The van der Waals surface area contributed by atoms with E-state index in [1.54, 1.807) is 0 Å². The molecule has 0 aliphatic heterocycles. The van der Waals surface area contributed by atoms with Crippen molar-refractivity contribution >= 4 is 33.8 Å². The minimum Gasteiger partial charge on any atom is -0.361 e. The molecule has 2 N–H and O–H groups in total. The highest BCUT2D eigenvalue weighted by atomic mass is 15.1. The summed E-state index contributed by atoms with van der Waals surface area (Å²) in [5.74, 6) is 1.14. The molecule has 4 nitrogen and oxygen atoms in total. The minimum atomic E-state index is 0.852. The number of aromatic amines is 2. The minimum absolute atomic E-state index is 0.852. The van der Waals surface area contributed by atoms with E-state index >= 15 is 0 Å². The number of rotatable bonds is 4. The molecule has 0 fully saturated rings. The molecule has 0 radical (unpaired) electrons. The van der Waals surface area contributed by atoms with Crippen LogP contribution in [0.5, 0.6) is 0 Å². The highest BCUT2D eigenvalue weighted by molar-refractivity contribution is 5.99. The van der Waals surface area contributed by atoms with Crippen LogP contribution in [-0.2, 0) is 6.54 Å². The molecule has 0 saturated heterocycles. The van der Waals surface area contributed by atoms with Gasteiger partial charge in [0.1, 0.15) is 6.54 Å². The number of aryl methyl sites for hydroxylation is 1. The molecule has 0 aliphatic rings. The Kier molecular flexibility index (Phi) is 4.02. The number of imidazole rings is 1. The van der Waals surface area contributed by atoms with Gasteiger partial charge in [0, 0.05) is 41.9 Å². The summed E-state index contributed by atoms with van der Waals surface area (Å²) < 4.78 is 2.30. The van der Waals surface area contributed by atoms with Gasteiger partial charge in [0.05, 0.1) is 5.69 Å². The lowest BCUT2D eigenvalue weighted by molar-refractivity contribution is -0.668. The molecule has 0 saturated carbocycles. The molecule has 3 aromatic carbocycles. The second kappa shape index (κ2) is 6.82. The van der Waals surface area contributed by atoms with Crippen LogP contribution in [0.3, 0.4) is 0 Å². The van der Waals surface area contributed by atoms with Gasteiger partial charge in [-0.05, 0) is 23.8 Å². The van der Waals surface area contributed by atoms with Crippen LogP contribution < -0.4 is 4.57 Å². The summed E-state index contributed by atoms with van der Waals surface area (Å²) in [4.78, 5) is 11.5. The van der Waals surface area contributed by atoms with Gasteiger partial charge in [-0.25, -0.2) is 9.55 Å². The Labute approximate surface area is 163 Å². The number of nitrogens with one attached hydrogen (secondary N) is 2. The highest BCUT2D eigenvalue weighted by Crippen LogP contribution is 2.21. The lowest BCUT2D eigenvalue weighted by Gasteiger charge is -2.00. The molecular weight excluding hydrogens is 344 g/mol. The lowest BCUT2D eigenvalue weighted by Crippen LogP contribution is -2.36. The number of nitrogens with zero attached hydrogens (tertiary/aromatic N) is 2. The maximum absolute atomic E-state index is 4.70. The van der Waals surface area contributed by atoms with Gasteiger partial charge in [0.2, 0.25) is 0 Å². The maximum atomic E-state index is 4.70. The summed E-state index contributed by atoms with van der Waals surface area (Å²) in [6, 6.07) is 25.1. The fourth-order valence-corrected chi connectivity index (χ4v) is 3.70. The van der Waals surface area contributed by atoms with Gasteiger partial charge in [-0.1, -0.05) is 48.5 Å². The molecule has 0 unspecified atom stereocenters. The van der Waals surface area contributed by atoms with E-state index in [1.165, 1.54) is 16.5 Å². The smallest absolute Gasteiger partial charge is 0.252 e. The largest absolute Gasteiger partial charge is 0.361 e. The van der Waals surface area contributed by atoms with Gasteiger partial charge in [-0.15, -0.1) is 0 Å². The Balaban J connectivity index is 1.47. The van der Waals surface area contributed by atoms with Crippen LogP contribution in [0.1, 0.15) is 17.0 Å². The van der Waals surface area contributed by atoms with Crippen LogP contribution in [0.2, 0.25) is 0 Å². The normalized spacial score (nSPS) is 11.8. The third-order valence-electron chi connectivity index (χ3n) is 5.15. The van der Waals surface area contributed by atoms with Crippen LogP contribution in [0, 0.1) is 6.92 Å². The first-order valence-corrected chi connectivity index (χ1v) is 9.44. The van der Waals surface area contributed by atoms with Crippen molar-refractivity contribution < 1.29 is 4.57 Å². The molecule has 0 amide bonds. The molecule has 0 bridgehead atoms. The number of aromatic nitrogens is 3. The SMILES string of the molecule is Cc1[nH]c2cc(N=Cc3c[nH]c4ccccc34)ccc2[n+]1Cc1ccccc1. The molecule has 136 valence electrons. The third kappa shape index (κ3) is 2.99. The Bertz CT molecular complexity index is 1290. The Morgan fingerprint density at radius 2 is 1.75 bits per heavy atom. The molecule has 0 atom stereocenters. The average molecular weight is 365 g/mol. The van der Waals surface area contributed by atoms with Crippen molar-refractivity contribution in [2.75, 3.05) is 0 Å². The third-order valence-corrected chi connectivity index (χ3v) is 5.15. The van der Waals surface area contributed by atoms with Crippen LogP contribution >= 0.6 is 0 Å². The van der Waals surface area contributed by atoms with Gasteiger partial charge in [0.15, 0.2) is 11.0 Å². The molecular formula is C24H21N4+. The van der Waals surface area contributed by atoms with Crippen molar-refractivity contribution in [2.45, 2.75) is 13.5 Å². The number of H-pyrrole nitrogens is 2. The standard InChI is InChI=1S/C24H20N4/c1-17-27-23-13-20(25-14-19-15-26-22-10-6-5-9-21(19)22)11-12-24(23)28(17)16-18-7-3-2-4-8-18/h2-15H,16H2,1H3,(H,25,26)/p+1. The first-order valence-electron chi connectivity index (χ1n) is 9.44. The van der Waals surface area contributed by atoms with E-state index < -0.39 is 0 Å². The summed E-state index contributed by atoms with van der Waals surface area (Å²) in [5.41, 5.74) is 6.73. The molecule has 5 rings (SSSR count). The topological polar surface area (TPSA) is 47.8 Å². The quantitative estimate of drug-likeness (QED) is 0.331. The lowest BCUT2D eigenvalue weighted by atomic mass is 10.2. The van der Waals surface area contributed by atoms with Gasteiger partial charge < -0.3 is 4.98 Å². The van der Waals surface area contributed by atoms with Gasteiger partial charge in [-0.3, -0.25) is 4.99 Å². The maximum Gasteiger partial charge on any atom is 0.252 e. The zero-order chi connectivity index (χ0) is 18.9. The zero-order valence-corrected chi connectivity index (χ0v) is 15.7. The van der Waals surface area contributed by atoms with Crippen molar-refractivity contribution in [3.63, 3.8) is 0 Å². The van der Waals surface area contributed by atoms with Crippen molar-refractivity contribution in [1.29, 1.82) is 0 Å². The number of fused-ring (bicyclic) bond motifs is 2. The van der Waals surface area contributed by atoms with Gasteiger partial charge in [-0.2, -0.15) is 0 Å². The monoisotopic (exact) mass is 365 g/mol. The first kappa shape index (κ1) is 16.5. The van der Waals surface area contributed by atoms with Crippen molar-refractivity contribution in [2.24, 2.45) is 4.99 Å². The second-order valence-corrected chi connectivity index (χ2v) is 7.03. The molecule has 28 heavy (non-hydrogen) atoms. The van der Waals surface area contributed by atoms with E-state index in [9.17, 15) is 0 Å². The van der Waals surface area contributed by atoms with Crippen LogP contribution in [0.4, 0.5) is 5.69 Å². The molecule has 2 heterocycles. The molecule has 5 aromatic rings. The fraction of sp³-hybridized carbons (Fsp3) is 0.0833. The average Bonchev–Trinajstić information content (AvgIpc) is 3.28. The van der Waals surface area contributed by atoms with Crippen molar-refractivity contribution in [3.8, 4) is 0 Å². The van der Waals surface area contributed by atoms with E-state index in [0.717, 1.165) is 34.7 Å². The van der Waals surface area contributed by atoms with Crippen LogP contribution in [-0.4, -0.2) is 16.2 Å². The fourth-order valence-electron chi connectivity index (χ4n) is 3.70. The van der Waals surface area contributed by atoms with Crippen molar-refractivity contribution in [3.05, 3.63) is 95.9 Å². The van der Waals surface area contributed by atoms with E-state index in [4.69, 9.17) is 4.99 Å². The number of para-hydroxylation sites is 1. The summed E-state index contributed by atoms with van der Waals surface area (Å²) in [7, 11) is 0. The summed E-state index contributed by atoms with van der Waals surface area (Å²) in [6.45, 7) is 2.96. The van der Waals surface area contributed by atoms with Crippen LogP contribution in [0.15, 0.2) is 84.0 Å². The van der Waals surface area contributed by atoms with Gasteiger partial charge >= 0.3 is 0 Å². The second-order valence-electron chi connectivity index (χ2n) is 7.03. The van der Waals surface area contributed by atoms with Gasteiger partial charge in [0.25, 0.3) is 5.82 Å². The van der Waals surface area contributed by atoms with E-state index in [-0.39, 0.29) is 0 Å². The van der Waals surface area contributed by atoms with E-state index in [0.29, 0.717) is 0 Å². The zero-order valence-electron chi connectivity index (χ0n) is 15.7. The van der Waals surface area contributed by atoms with Crippen molar-refractivity contribution in [1.82, 2.24) is 9.97 Å². The summed E-state index contributed by atoms with van der Waals surface area (Å²) in [6.07, 6.45) is 3.92. The number of benzene rings is 3. The number of aliphatic imine (C=N–C) groups is 1. The predicted molar refractivity (Wildman–Crippen MR) is 114 cm³/mol. The Morgan fingerprint density at radius 1 is 0.929 bits per heavy atom. The van der Waals surface area contributed by atoms with E-state index in [2.05, 4.69) is 76.1 Å². The summed E-state index contributed by atoms with van der Waals surface area (Å²) in [5, 5.41) is 1.18. The predicted octanol–water partition coefficient (Wildman–Crippen LogP) is 5.04. The number of hydrogen-bond donors (Lipinski definition) is 2. The molecule has 4 heteroatoms. The molecule has 0 aliphatic carbocycles. The highest BCUT2D eigenvalue weighted by Gasteiger charge is 2.15. The Hall–Kier alpha value is -3.66. The van der Waals surface area contributed by atoms with E-state index in [1.807, 2.05) is 30.6 Å². The molecule has 2 aromatic heterocycles.